The van der Waals surface area contributed by atoms with Gasteiger partial charge in [-0.3, -0.25) is 0 Å². The van der Waals surface area contributed by atoms with Gasteiger partial charge in [-0.05, 0) is 31.2 Å². The van der Waals surface area contributed by atoms with Gasteiger partial charge in [0.1, 0.15) is 11.6 Å². The van der Waals surface area contributed by atoms with Gasteiger partial charge in [0.25, 0.3) is 0 Å². The quantitative estimate of drug-likeness (QED) is 0.835. The number of ether oxygens (including phenoxy) is 1. The lowest BCUT2D eigenvalue weighted by Gasteiger charge is -2.34. The summed E-state index contributed by atoms with van der Waals surface area (Å²) in [5, 5.41) is 3.32. The molecule has 0 saturated carbocycles. The summed E-state index contributed by atoms with van der Waals surface area (Å²) in [6, 6.07) is 10.00. The minimum atomic E-state index is 0.619. The number of anilines is 2. The van der Waals surface area contributed by atoms with E-state index in [4.69, 9.17) is 4.74 Å². The second-order valence-corrected chi connectivity index (χ2v) is 6.09. The molecule has 25 heavy (non-hydrogen) atoms. The molecule has 0 spiro atoms. The van der Waals surface area contributed by atoms with Crippen molar-refractivity contribution >= 4 is 11.6 Å². The highest BCUT2D eigenvalue weighted by Gasteiger charge is 2.16. The predicted octanol–water partition coefficient (Wildman–Crippen LogP) is 2.63. The molecule has 1 aliphatic rings. The van der Waals surface area contributed by atoms with Crippen molar-refractivity contribution in [1.82, 2.24) is 14.9 Å². The Labute approximate surface area is 149 Å². The Kier molecular flexibility index (Phi) is 6.06. The van der Waals surface area contributed by atoms with Gasteiger partial charge in [0.05, 0.1) is 6.61 Å². The van der Waals surface area contributed by atoms with Gasteiger partial charge in [-0.15, -0.1) is 0 Å². The molecule has 3 rings (SSSR count). The zero-order chi connectivity index (χ0) is 17.5. The molecule has 1 fully saturated rings. The summed E-state index contributed by atoms with van der Waals surface area (Å²) < 4.78 is 5.42. The van der Waals surface area contributed by atoms with Crippen molar-refractivity contribution in [1.29, 1.82) is 0 Å². The molecular weight excluding hydrogens is 314 g/mol. The third-order valence-corrected chi connectivity index (χ3v) is 4.44. The van der Waals surface area contributed by atoms with Gasteiger partial charge < -0.3 is 19.9 Å². The van der Waals surface area contributed by atoms with Gasteiger partial charge in [-0.2, -0.15) is 4.98 Å². The van der Waals surface area contributed by atoms with Crippen LogP contribution in [-0.2, 0) is 6.54 Å². The molecule has 0 aromatic carbocycles. The lowest BCUT2D eigenvalue weighted by Crippen LogP contribution is -2.46. The Morgan fingerprint density at radius 3 is 2.60 bits per heavy atom. The molecule has 2 aromatic rings. The van der Waals surface area contributed by atoms with Crippen LogP contribution in [0.3, 0.4) is 0 Å². The fraction of sp³-hybridized carbons (Fsp3) is 0.474. The molecule has 1 aliphatic heterocycles. The first-order chi connectivity index (χ1) is 12.3. The number of hydrogen-bond donors (Lipinski definition) is 1. The summed E-state index contributed by atoms with van der Waals surface area (Å²) in [5.41, 5.74) is 1.14. The summed E-state index contributed by atoms with van der Waals surface area (Å²) in [5.74, 6) is 2.52. The van der Waals surface area contributed by atoms with Crippen LogP contribution >= 0.6 is 0 Å². The summed E-state index contributed by atoms with van der Waals surface area (Å²) in [7, 11) is 0. The van der Waals surface area contributed by atoms with Gasteiger partial charge in [0, 0.05) is 45.0 Å². The van der Waals surface area contributed by atoms with Gasteiger partial charge in [0.15, 0.2) is 0 Å². The monoisotopic (exact) mass is 341 g/mol. The van der Waals surface area contributed by atoms with E-state index < -0.39 is 0 Å². The normalized spacial score (nSPS) is 15.2. The number of aromatic nitrogens is 2. The number of pyridine rings is 2. The molecule has 0 bridgehead atoms. The van der Waals surface area contributed by atoms with Gasteiger partial charge in [0.2, 0.25) is 5.88 Å². The van der Waals surface area contributed by atoms with E-state index in [-0.39, 0.29) is 0 Å². The Balaban J connectivity index is 1.53. The third-order valence-electron chi connectivity index (χ3n) is 4.44. The Morgan fingerprint density at radius 1 is 1.08 bits per heavy atom. The van der Waals surface area contributed by atoms with E-state index in [0.29, 0.717) is 19.0 Å². The van der Waals surface area contributed by atoms with Crippen LogP contribution in [-0.4, -0.2) is 54.2 Å². The average Bonchev–Trinajstić information content (AvgIpc) is 2.67. The summed E-state index contributed by atoms with van der Waals surface area (Å²) in [6.07, 6.45) is 1.95. The Bertz CT molecular complexity index is 653. The molecule has 0 unspecified atom stereocenters. The van der Waals surface area contributed by atoms with Crippen LogP contribution in [0.25, 0.3) is 0 Å². The van der Waals surface area contributed by atoms with Crippen molar-refractivity contribution in [3.8, 4) is 5.88 Å². The molecule has 0 amide bonds. The lowest BCUT2D eigenvalue weighted by atomic mass is 10.2. The van der Waals surface area contributed by atoms with Crippen molar-refractivity contribution in [3.05, 3.63) is 42.1 Å². The van der Waals surface area contributed by atoms with Crippen molar-refractivity contribution in [2.75, 3.05) is 49.5 Å². The molecule has 0 radical (unpaired) electrons. The topological polar surface area (TPSA) is 53.5 Å². The third kappa shape index (κ3) is 4.82. The van der Waals surface area contributed by atoms with E-state index >= 15 is 0 Å². The first kappa shape index (κ1) is 17.5. The first-order valence-electron chi connectivity index (χ1n) is 9.04. The second-order valence-electron chi connectivity index (χ2n) is 6.09. The number of nitrogens with one attached hydrogen (secondary N) is 1. The molecule has 1 N–H and O–H groups in total. The summed E-state index contributed by atoms with van der Waals surface area (Å²) >= 11 is 0. The highest BCUT2D eigenvalue weighted by molar-refractivity contribution is 5.42. The number of piperazine rings is 1. The minimum Gasteiger partial charge on any atom is -0.478 e. The van der Waals surface area contributed by atoms with Crippen molar-refractivity contribution in [2.24, 2.45) is 0 Å². The molecule has 3 heterocycles. The molecule has 6 nitrogen and oxygen atoms in total. The van der Waals surface area contributed by atoms with Crippen LogP contribution in [0, 0.1) is 0 Å². The van der Waals surface area contributed by atoms with Crippen molar-refractivity contribution < 1.29 is 4.74 Å². The fourth-order valence-electron chi connectivity index (χ4n) is 2.94. The lowest BCUT2D eigenvalue weighted by molar-refractivity contribution is 0.270. The van der Waals surface area contributed by atoms with E-state index in [1.165, 1.54) is 0 Å². The van der Waals surface area contributed by atoms with Gasteiger partial charge in [-0.25, -0.2) is 4.98 Å². The van der Waals surface area contributed by atoms with Crippen LogP contribution in [0.1, 0.15) is 19.4 Å². The van der Waals surface area contributed by atoms with Crippen LogP contribution in [0.15, 0.2) is 36.5 Å². The number of rotatable bonds is 7. The van der Waals surface area contributed by atoms with Crippen LogP contribution < -0.4 is 15.0 Å². The van der Waals surface area contributed by atoms with Crippen LogP contribution in [0.2, 0.25) is 0 Å². The SMILES string of the molecule is CCOc1cccc(NCc2ccc(N3CCN(CC)CC3)nc2)n1. The molecule has 1 saturated heterocycles. The molecular formula is C19H27N5O. The standard InChI is InChI=1S/C19H27N5O/c1-3-23-10-12-24(13-11-23)18-9-8-16(15-21-18)14-20-17-6-5-7-19(22-17)25-4-2/h5-9,15H,3-4,10-14H2,1-2H3,(H,20,22). The highest BCUT2D eigenvalue weighted by atomic mass is 16.5. The van der Waals surface area contributed by atoms with E-state index in [2.05, 4.69) is 44.1 Å². The minimum absolute atomic E-state index is 0.619. The zero-order valence-electron chi connectivity index (χ0n) is 15.1. The molecule has 0 atom stereocenters. The van der Waals surface area contributed by atoms with E-state index in [0.717, 1.165) is 49.9 Å². The molecule has 0 aliphatic carbocycles. The van der Waals surface area contributed by atoms with Crippen LogP contribution in [0.4, 0.5) is 11.6 Å². The fourth-order valence-corrected chi connectivity index (χ4v) is 2.94. The number of likely N-dealkylation sites (N-methyl/N-ethyl adjacent to an activating group) is 1. The van der Waals surface area contributed by atoms with E-state index in [1.54, 1.807) is 0 Å². The maximum atomic E-state index is 5.42. The van der Waals surface area contributed by atoms with Gasteiger partial charge in [-0.1, -0.05) is 19.1 Å². The second kappa shape index (κ2) is 8.67. The smallest absolute Gasteiger partial charge is 0.215 e. The van der Waals surface area contributed by atoms with Crippen molar-refractivity contribution in [3.63, 3.8) is 0 Å². The Morgan fingerprint density at radius 2 is 1.92 bits per heavy atom. The van der Waals surface area contributed by atoms with E-state index in [9.17, 15) is 0 Å². The summed E-state index contributed by atoms with van der Waals surface area (Å²) in [6.45, 7) is 10.9. The van der Waals surface area contributed by atoms with E-state index in [1.807, 2.05) is 31.3 Å². The zero-order valence-corrected chi connectivity index (χ0v) is 15.1. The molecule has 2 aromatic heterocycles. The maximum Gasteiger partial charge on any atom is 0.215 e. The van der Waals surface area contributed by atoms with Crippen molar-refractivity contribution in [2.45, 2.75) is 20.4 Å². The maximum absolute atomic E-state index is 5.42. The molecule has 6 heteroatoms. The Hall–Kier alpha value is -2.34. The number of nitrogens with zero attached hydrogens (tertiary/aromatic N) is 4. The largest absolute Gasteiger partial charge is 0.478 e. The molecule has 134 valence electrons. The predicted molar refractivity (Wildman–Crippen MR) is 101 cm³/mol. The average molecular weight is 341 g/mol. The van der Waals surface area contributed by atoms with Gasteiger partial charge >= 0.3 is 0 Å². The summed E-state index contributed by atoms with van der Waals surface area (Å²) in [4.78, 5) is 13.9. The number of hydrogen-bond acceptors (Lipinski definition) is 6. The first-order valence-corrected chi connectivity index (χ1v) is 9.04. The highest BCUT2D eigenvalue weighted by Crippen LogP contribution is 2.16. The van der Waals surface area contributed by atoms with Crippen LogP contribution in [0.5, 0.6) is 5.88 Å².